The number of piperazine rings is 1. The van der Waals surface area contributed by atoms with Crippen molar-refractivity contribution in [2.45, 2.75) is 26.7 Å². The summed E-state index contributed by atoms with van der Waals surface area (Å²) in [5.41, 5.74) is 3.11. The molecule has 7 nitrogen and oxygen atoms in total. The fraction of sp³-hybridized carbons (Fsp3) is 0.571. The lowest BCUT2D eigenvalue weighted by atomic mass is 10.1. The summed E-state index contributed by atoms with van der Waals surface area (Å²) in [7, 11) is 0. The van der Waals surface area contributed by atoms with Crippen LogP contribution in [-0.4, -0.2) is 56.6 Å². The Hall–Kier alpha value is -2.02. The summed E-state index contributed by atoms with van der Waals surface area (Å²) in [6.07, 6.45) is 2.90. The van der Waals surface area contributed by atoms with Gasteiger partial charge in [0.2, 0.25) is 5.91 Å². The number of aryl methyl sites for hydroxylation is 2. The van der Waals surface area contributed by atoms with Gasteiger partial charge in [0.15, 0.2) is 0 Å². The van der Waals surface area contributed by atoms with Gasteiger partial charge in [-0.05, 0) is 25.8 Å². The van der Waals surface area contributed by atoms with Gasteiger partial charge in [0.25, 0.3) is 5.78 Å². The highest BCUT2D eigenvalue weighted by molar-refractivity contribution is 5.76. The Balaban J connectivity index is 1.74. The molecule has 0 saturated carbocycles. The molecule has 1 N–H and O–H groups in total. The van der Waals surface area contributed by atoms with Crippen molar-refractivity contribution in [3.05, 3.63) is 23.3 Å². The lowest BCUT2D eigenvalue weighted by Gasteiger charge is -2.27. The van der Waals surface area contributed by atoms with E-state index >= 15 is 0 Å². The molecule has 1 aliphatic heterocycles. The second kappa shape index (κ2) is 5.77. The van der Waals surface area contributed by atoms with Crippen molar-refractivity contribution in [3.8, 4) is 0 Å². The lowest BCUT2D eigenvalue weighted by molar-refractivity contribution is -0.131. The molecule has 1 aliphatic rings. The molecule has 3 heterocycles. The van der Waals surface area contributed by atoms with Crippen molar-refractivity contribution >= 4 is 11.7 Å². The molecule has 0 unspecified atom stereocenters. The molecule has 3 rings (SSSR count). The molecule has 0 aliphatic carbocycles. The van der Waals surface area contributed by atoms with Gasteiger partial charge in [0, 0.05) is 44.0 Å². The van der Waals surface area contributed by atoms with Gasteiger partial charge in [-0.3, -0.25) is 9.20 Å². The molecule has 0 atom stereocenters. The van der Waals surface area contributed by atoms with Crippen LogP contribution >= 0.6 is 0 Å². The molecule has 0 aromatic carbocycles. The van der Waals surface area contributed by atoms with Gasteiger partial charge in [-0.15, -0.1) is 10.2 Å². The molecule has 21 heavy (non-hydrogen) atoms. The topological polar surface area (TPSA) is 75.4 Å². The summed E-state index contributed by atoms with van der Waals surface area (Å²) in [6.45, 7) is 7.37. The van der Waals surface area contributed by atoms with Gasteiger partial charge >= 0.3 is 0 Å². The summed E-state index contributed by atoms with van der Waals surface area (Å²) in [4.78, 5) is 18.6. The maximum absolute atomic E-state index is 12.3. The maximum Gasteiger partial charge on any atom is 0.255 e. The smallest absolute Gasteiger partial charge is 0.255 e. The van der Waals surface area contributed by atoms with E-state index in [4.69, 9.17) is 0 Å². The summed E-state index contributed by atoms with van der Waals surface area (Å²) in [5, 5.41) is 11.1. The van der Waals surface area contributed by atoms with Crippen LogP contribution in [0.5, 0.6) is 0 Å². The number of amides is 1. The molecule has 1 amide bonds. The minimum absolute atomic E-state index is 0.221. The van der Waals surface area contributed by atoms with E-state index in [9.17, 15) is 4.79 Å². The molecule has 0 radical (unpaired) electrons. The molecule has 112 valence electrons. The maximum atomic E-state index is 12.3. The molecule has 1 fully saturated rings. The van der Waals surface area contributed by atoms with E-state index in [-0.39, 0.29) is 5.91 Å². The summed E-state index contributed by atoms with van der Waals surface area (Å²) >= 11 is 0. The number of carbonyl (C=O) groups is 1. The third-order valence-corrected chi connectivity index (χ3v) is 4.09. The lowest BCUT2D eigenvalue weighted by Crippen LogP contribution is -2.46. The van der Waals surface area contributed by atoms with Gasteiger partial charge in [-0.25, -0.2) is 4.98 Å². The third kappa shape index (κ3) is 2.73. The van der Waals surface area contributed by atoms with Crippen LogP contribution in [0.4, 0.5) is 0 Å². The van der Waals surface area contributed by atoms with Gasteiger partial charge in [0.1, 0.15) is 6.33 Å². The Morgan fingerprint density at radius 2 is 2.10 bits per heavy atom. The Morgan fingerprint density at radius 3 is 2.86 bits per heavy atom. The quantitative estimate of drug-likeness (QED) is 0.867. The van der Waals surface area contributed by atoms with Gasteiger partial charge in [-0.2, -0.15) is 0 Å². The minimum atomic E-state index is 0.221. The summed E-state index contributed by atoms with van der Waals surface area (Å²) in [6, 6.07) is 0. The fourth-order valence-corrected chi connectivity index (χ4v) is 2.83. The van der Waals surface area contributed by atoms with Crippen LogP contribution in [0, 0.1) is 13.8 Å². The highest BCUT2D eigenvalue weighted by Crippen LogP contribution is 2.16. The first-order chi connectivity index (χ1) is 10.2. The van der Waals surface area contributed by atoms with E-state index in [1.165, 1.54) is 0 Å². The number of nitrogens with zero attached hydrogens (tertiary/aromatic N) is 5. The largest absolute Gasteiger partial charge is 0.340 e. The number of nitrogens with one attached hydrogen (secondary N) is 1. The first-order valence-electron chi connectivity index (χ1n) is 7.31. The highest BCUT2D eigenvalue weighted by Gasteiger charge is 2.17. The van der Waals surface area contributed by atoms with E-state index in [0.29, 0.717) is 18.6 Å². The number of rotatable bonds is 3. The molecule has 2 aromatic heterocycles. The summed E-state index contributed by atoms with van der Waals surface area (Å²) < 4.78 is 1.87. The SMILES string of the molecule is Cc1nc2nncn2c(C)c1CCC(=O)N1CCNCC1. The van der Waals surface area contributed by atoms with Crippen LogP contribution in [0.2, 0.25) is 0 Å². The predicted molar refractivity (Wildman–Crippen MR) is 78.0 cm³/mol. The first kappa shape index (κ1) is 13.9. The Bertz CT molecular complexity index is 659. The molecule has 7 heteroatoms. The van der Waals surface area contributed by atoms with E-state index < -0.39 is 0 Å². The van der Waals surface area contributed by atoms with Crippen molar-refractivity contribution in [2.24, 2.45) is 0 Å². The van der Waals surface area contributed by atoms with Crippen molar-refractivity contribution in [2.75, 3.05) is 26.2 Å². The number of carbonyl (C=O) groups excluding carboxylic acids is 1. The molecule has 0 spiro atoms. The Labute approximate surface area is 123 Å². The van der Waals surface area contributed by atoms with Crippen molar-refractivity contribution in [3.63, 3.8) is 0 Å². The molecule has 1 saturated heterocycles. The van der Waals surface area contributed by atoms with Crippen LogP contribution in [0.15, 0.2) is 6.33 Å². The molecule has 2 aromatic rings. The van der Waals surface area contributed by atoms with Crippen LogP contribution in [0.3, 0.4) is 0 Å². The standard InChI is InChI=1S/C14H20N6O/c1-10-12(11(2)20-9-16-18-14(20)17-10)3-4-13(21)19-7-5-15-6-8-19/h9,15H,3-8H2,1-2H3. The average Bonchev–Trinajstić information content (AvgIpc) is 2.96. The third-order valence-electron chi connectivity index (χ3n) is 4.09. The van der Waals surface area contributed by atoms with Crippen molar-refractivity contribution in [1.29, 1.82) is 0 Å². The molecular formula is C14H20N6O. The summed E-state index contributed by atoms with van der Waals surface area (Å²) in [5.74, 6) is 0.835. The zero-order valence-corrected chi connectivity index (χ0v) is 12.5. The van der Waals surface area contributed by atoms with E-state index in [0.717, 1.165) is 43.1 Å². The zero-order chi connectivity index (χ0) is 14.8. The van der Waals surface area contributed by atoms with E-state index in [1.807, 2.05) is 23.1 Å². The van der Waals surface area contributed by atoms with Crippen LogP contribution in [-0.2, 0) is 11.2 Å². The number of aromatic nitrogens is 4. The second-order valence-corrected chi connectivity index (χ2v) is 5.39. The minimum Gasteiger partial charge on any atom is -0.340 e. The van der Waals surface area contributed by atoms with Crippen molar-refractivity contribution in [1.82, 2.24) is 29.8 Å². The molecular weight excluding hydrogens is 268 g/mol. The van der Waals surface area contributed by atoms with Crippen LogP contribution in [0.1, 0.15) is 23.4 Å². The Kier molecular flexibility index (Phi) is 3.83. The molecule has 0 bridgehead atoms. The number of hydrogen-bond acceptors (Lipinski definition) is 5. The van der Waals surface area contributed by atoms with Gasteiger partial charge < -0.3 is 10.2 Å². The average molecular weight is 288 g/mol. The van der Waals surface area contributed by atoms with Gasteiger partial charge in [0.05, 0.1) is 0 Å². The monoisotopic (exact) mass is 288 g/mol. The first-order valence-corrected chi connectivity index (χ1v) is 7.31. The fourth-order valence-electron chi connectivity index (χ4n) is 2.83. The second-order valence-electron chi connectivity index (χ2n) is 5.39. The highest BCUT2D eigenvalue weighted by atomic mass is 16.2. The van der Waals surface area contributed by atoms with Crippen molar-refractivity contribution < 1.29 is 4.79 Å². The predicted octanol–water partition coefficient (Wildman–Crippen LogP) is 0.106. The Morgan fingerprint density at radius 1 is 1.33 bits per heavy atom. The van der Waals surface area contributed by atoms with E-state index in [1.54, 1.807) is 6.33 Å². The zero-order valence-electron chi connectivity index (χ0n) is 12.5. The normalized spacial score (nSPS) is 15.6. The van der Waals surface area contributed by atoms with Gasteiger partial charge in [-0.1, -0.05) is 0 Å². The van der Waals surface area contributed by atoms with E-state index in [2.05, 4.69) is 20.5 Å². The number of hydrogen-bond donors (Lipinski definition) is 1. The van der Waals surface area contributed by atoms with Crippen LogP contribution < -0.4 is 5.32 Å². The van der Waals surface area contributed by atoms with Crippen LogP contribution in [0.25, 0.3) is 5.78 Å². The number of fused-ring (bicyclic) bond motifs is 1.